The molecule has 0 amide bonds. The van der Waals surface area contributed by atoms with Gasteiger partial charge in [0.15, 0.2) is 0 Å². The molecule has 1 aliphatic carbocycles. The van der Waals surface area contributed by atoms with E-state index < -0.39 is 17.7 Å². The summed E-state index contributed by atoms with van der Waals surface area (Å²) in [6.07, 6.45) is -0.861. The fourth-order valence-corrected chi connectivity index (χ4v) is 5.01. The van der Waals surface area contributed by atoms with Gasteiger partial charge in [-0.2, -0.15) is 13.2 Å². The molecule has 2 aromatic rings. The zero-order valence-electron chi connectivity index (χ0n) is 18.4. The van der Waals surface area contributed by atoms with Crippen LogP contribution in [0.3, 0.4) is 0 Å². The molecule has 1 heterocycles. The van der Waals surface area contributed by atoms with Gasteiger partial charge in [-0.3, -0.25) is 9.69 Å². The maximum Gasteiger partial charge on any atom is 0.416 e. The van der Waals surface area contributed by atoms with E-state index in [9.17, 15) is 18.0 Å². The Kier molecular flexibility index (Phi) is 6.91. The molecule has 2 aromatic carbocycles. The van der Waals surface area contributed by atoms with Gasteiger partial charge in [-0.25, -0.2) is 0 Å². The Labute approximate surface area is 196 Å². The van der Waals surface area contributed by atoms with Crippen molar-refractivity contribution in [1.29, 1.82) is 0 Å². The average molecular weight is 482 g/mol. The molecule has 4 nitrogen and oxygen atoms in total. The zero-order valence-corrected chi connectivity index (χ0v) is 19.2. The van der Waals surface area contributed by atoms with Gasteiger partial charge in [0, 0.05) is 19.6 Å². The van der Waals surface area contributed by atoms with E-state index in [0.717, 1.165) is 36.8 Å². The normalized spacial score (nSPS) is 17.8. The minimum absolute atomic E-state index is 0.0149. The lowest BCUT2D eigenvalue weighted by Gasteiger charge is -2.37. The fourth-order valence-electron chi connectivity index (χ4n) is 4.77. The predicted octanol–water partition coefficient (Wildman–Crippen LogP) is 6.42. The molecule has 2 fully saturated rings. The molecule has 0 radical (unpaired) electrons. The number of nitrogens with zero attached hydrogens (tertiary/aromatic N) is 1. The highest BCUT2D eigenvalue weighted by molar-refractivity contribution is 6.32. The molecular formula is C25H27ClF3NO3. The van der Waals surface area contributed by atoms with E-state index in [-0.39, 0.29) is 18.4 Å². The van der Waals surface area contributed by atoms with Gasteiger partial charge < -0.3 is 9.84 Å². The topological polar surface area (TPSA) is 49.8 Å². The predicted molar refractivity (Wildman–Crippen MR) is 120 cm³/mol. The molecule has 4 rings (SSSR count). The lowest BCUT2D eigenvalue weighted by molar-refractivity contribution is -0.147. The standard InChI is InChI=1S/C25H27ClF3NO3/c1-15-18(11-30-12-19(13-30)24(31)32)7-9-22(23(15)26)33-14-16-6-8-20(17-4-2-3-5-17)21(10-16)25(27,28)29/h6-10,17,19H,2-5,11-14H2,1H3,(H,31,32). The minimum atomic E-state index is -4.40. The summed E-state index contributed by atoms with van der Waals surface area (Å²) >= 11 is 6.49. The number of aliphatic carboxylic acids is 1. The third-order valence-corrected chi connectivity index (χ3v) is 7.25. The number of benzene rings is 2. The number of halogens is 4. The highest BCUT2D eigenvalue weighted by Crippen LogP contribution is 2.42. The molecule has 1 saturated carbocycles. The van der Waals surface area contributed by atoms with Crippen molar-refractivity contribution >= 4 is 17.6 Å². The van der Waals surface area contributed by atoms with Crippen molar-refractivity contribution in [3.63, 3.8) is 0 Å². The van der Waals surface area contributed by atoms with Gasteiger partial charge in [-0.05, 0) is 60.1 Å². The Morgan fingerprint density at radius 3 is 2.52 bits per heavy atom. The Balaban J connectivity index is 1.44. The van der Waals surface area contributed by atoms with Crippen molar-refractivity contribution in [3.05, 3.63) is 63.2 Å². The van der Waals surface area contributed by atoms with E-state index in [1.807, 2.05) is 17.9 Å². The van der Waals surface area contributed by atoms with Crippen LogP contribution in [-0.4, -0.2) is 29.1 Å². The fraction of sp³-hybridized carbons (Fsp3) is 0.480. The van der Waals surface area contributed by atoms with Crippen molar-refractivity contribution in [3.8, 4) is 5.75 Å². The van der Waals surface area contributed by atoms with E-state index in [2.05, 4.69) is 0 Å². The van der Waals surface area contributed by atoms with Crippen LogP contribution in [0.5, 0.6) is 5.75 Å². The summed E-state index contributed by atoms with van der Waals surface area (Å²) in [6, 6.07) is 8.10. The second kappa shape index (κ2) is 9.55. The molecule has 8 heteroatoms. The highest BCUT2D eigenvalue weighted by Gasteiger charge is 2.36. The summed E-state index contributed by atoms with van der Waals surface area (Å²) in [5.41, 5.74) is 2.06. The number of carbonyl (C=O) groups is 1. The smallest absolute Gasteiger partial charge is 0.416 e. The first-order valence-electron chi connectivity index (χ1n) is 11.2. The number of ether oxygens (including phenoxy) is 1. The Hall–Kier alpha value is -2.25. The number of carboxylic acid groups (broad SMARTS) is 1. The summed E-state index contributed by atoms with van der Waals surface area (Å²) in [5.74, 6) is -0.725. The molecule has 178 valence electrons. The molecule has 0 aromatic heterocycles. The lowest BCUT2D eigenvalue weighted by Crippen LogP contribution is -2.49. The molecular weight excluding hydrogens is 455 g/mol. The first-order chi connectivity index (χ1) is 15.6. The first kappa shape index (κ1) is 23.9. The Morgan fingerprint density at radius 2 is 1.88 bits per heavy atom. The lowest BCUT2D eigenvalue weighted by atomic mass is 9.91. The second-order valence-electron chi connectivity index (χ2n) is 9.08. The minimum Gasteiger partial charge on any atom is -0.487 e. The second-order valence-corrected chi connectivity index (χ2v) is 9.46. The van der Waals surface area contributed by atoms with Crippen molar-refractivity contribution in [2.24, 2.45) is 5.92 Å². The summed E-state index contributed by atoms with van der Waals surface area (Å²) in [4.78, 5) is 13.0. The van der Waals surface area contributed by atoms with Crippen LogP contribution in [0, 0.1) is 12.8 Å². The van der Waals surface area contributed by atoms with E-state index in [1.54, 1.807) is 18.2 Å². The molecule has 0 spiro atoms. The molecule has 33 heavy (non-hydrogen) atoms. The van der Waals surface area contributed by atoms with Crippen molar-refractivity contribution in [2.45, 2.75) is 57.9 Å². The molecule has 1 aliphatic heterocycles. The van der Waals surface area contributed by atoms with Gasteiger partial charge in [0.25, 0.3) is 0 Å². The quantitative estimate of drug-likeness (QED) is 0.495. The van der Waals surface area contributed by atoms with Gasteiger partial charge in [0.2, 0.25) is 0 Å². The van der Waals surface area contributed by atoms with Crippen molar-refractivity contribution in [1.82, 2.24) is 4.90 Å². The number of alkyl halides is 3. The van der Waals surface area contributed by atoms with Gasteiger partial charge in [0.1, 0.15) is 12.4 Å². The highest BCUT2D eigenvalue weighted by atomic mass is 35.5. The SMILES string of the molecule is Cc1c(CN2CC(C(=O)O)C2)ccc(OCc2ccc(C3CCCC3)c(C(F)(F)F)c2)c1Cl. The first-order valence-corrected chi connectivity index (χ1v) is 11.6. The molecule has 1 N–H and O–H groups in total. The van der Waals surface area contributed by atoms with E-state index >= 15 is 0 Å². The molecule has 2 aliphatic rings. The number of likely N-dealkylation sites (tertiary alicyclic amines) is 1. The maximum atomic E-state index is 13.7. The van der Waals surface area contributed by atoms with Crippen LogP contribution in [0.4, 0.5) is 13.2 Å². The van der Waals surface area contributed by atoms with E-state index in [4.69, 9.17) is 21.4 Å². The summed E-state index contributed by atoms with van der Waals surface area (Å²) in [5, 5.41) is 9.43. The number of hydrogen-bond acceptors (Lipinski definition) is 3. The van der Waals surface area contributed by atoms with Crippen LogP contribution < -0.4 is 4.74 Å². The monoisotopic (exact) mass is 481 g/mol. The summed E-state index contributed by atoms with van der Waals surface area (Å²) < 4.78 is 46.9. The Morgan fingerprint density at radius 1 is 1.18 bits per heavy atom. The average Bonchev–Trinajstić information content (AvgIpc) is 3.26. The van der Waals surface area contributed by atoms with Gasteiger partial charge >= 0.3 is 12.1 Å². The van der Waals surface area contributed by atoms with Crippen LogP contribution in [0.2, 0.25) is 5.02 Å². The van der Waals surface area contributed by atoms with Crippen molar-refractivity contribution in [2.75, 3.05) is 13.1 Å². The molecule has 0 bridgehead atoms. The number of hydrogen-bond donors (Lipinski definition) is 1. The third-order valence-electron chi connectivity index (χ3n) is 6.78. The van der Waals surface area contributed by atoms with Crippen LogP contribution in [-0.2, 0) is 24.1 Å². The number of carboxylic acids is 1. The van der Waals surface area contributed by atoms with Crippen LogP contribution >= 0.6 is 11.6 Å². The zero-order chi connectivity index (χ0) is 23.8. The largest absolute Gasteiger partial charge is 0.487 e. The van der Waals surface area contributed by atoms with Gasteiger partial charge in [-0.1, -0.05) is 42.6 Å². The summed E-state index contributed by atoms with van der Waals surface area (Å²) in [6.45, 7) is 3.44. The number of rotatable bonds is 7. The van der Waals surface area contributed by atoms with Gasteiger partial charge in [0.05, 0.1) is 16.5 Å². The molecule has 0 unspecified atom stereocenters. The van der Waals surface area contributed by atoms with Crippen LogP contribution in [0.15, 0.2) is 30.3 Å². The Bertz CT molecular complexity index is 1030. The summed E-state index contributed by atoms with van der Waals surface area (Å²) in [7, 11) is 0. The van der Waals surface area contributed by atoms with Crippen molar-refractivity contribution < 1.29 is 27.8 Å². The molecule has 1 saturated heterocycles. The van der Waals surface area contributed by atoms with E-state index in [1.165, 1.54) is 6.07 Å². The van der Waals surface area contributed by atoms with E-state index in [0.29, 0.717) is 41.5 Å². The molecule has 0 atom stereocenters. The maximum absolute atomic E-state index is 13.7. The van der Waals surface area contributed by atoms with Gasteiger partial charge in [-0.15, -0.1) is 0 Å². The van der Waals surface area contributed by atoms with Crippen LogP contribution in [0.1, 0.15) is 59.4 Å². The van der Waals surface area contributed by atoms with Crippen LogP contribution in [0.25, 0.3) is 0 Å². The third kappa shape index (κ3) is 5.30.